The second kappa shape index (κ2) is 5.73. The van der Waals surface area contributed by atoms with Crippen molar-refractivity contribution < 1.29 is 9.47 Å². The predicted octanol–water partition coefficient (Wildman–Crippen LogP) is 4.35. The predicted molar refractivity (Wildman–Crippen MR) is 72.8 cm³/mol. The molecule has 1 heterocycles. The lowest BCUT2D eigenvalue weighted by atomic mass is 10.3. The Morgan fingerprint density at radius 3 is 2.44 bits per heavy atom. The van der Waals surface area contributed by atoms with E-state index in [-0.39, 0.29) is 6.01 Å². The molecule has 0 bridgehead atoms. The maximum atomic E-state index is 5.86. The Balaban J connectivity index is 2.28. The van der Waals surface area contributed by atoms with Gasteiger partial charge in [-0.2, -0.15) is 4.98 Å². The molecule has 0 aliphatic rings. The quantitative estimate of drug-likeness (QED) is 0.826. The Morgan fingerprint density at radius 1 is 1.17 bits per heavy atom. The van der Waals surface area contributed by atoms with E-state index in [0.717, 1.165) is 0 Å². The zero-order valence-corrected chi connectivity index (χ0v) is 12.3. The van der Waals surface area contributed by atoms with Crippen LogP contribution in [0, 0.1) is 0 Å². The van der Waals surface area contributed by atoms with Gasteiger partial charge in [-0.1, -0.05) is 23.2 Å². The van der Waals surface area contributed by atoms with Gasteiger partial charge in [0, 0.05) is 10.0 Å². The third-order valence-corrected chi connectivity index (χ3v) is 2.91. The minimum Gasteiger partial charge on any atom is -0.480 e. The molecule has 2 rings (SSSR count). The maximum Gasteiger partial charge on any atom is 0.325 e. The Morgan fingerprint density at radius 2 is 1.83 bits per heavy atom. The fourth-order valence-corrected chi connectivity index (χ4v) is 2.08. The van der Waals surface area contributed by atoms with E-state index in [0.29, 0.717) is 26.1 Å². The van der Waals surface area contributed by atoms with E-state index >= 15 is 0 Å². The molecule has 0 saturated carbocycles. The van der Waals surface area contributed by atoms with Gasteiger partial charge in [-0.25, -0.2) is 4.98 Å². The van der Waals surface area contributed by atoms with E-state index in [9.17, 15) is 0 Å². The van der Waals surface area contributed by atoms with Crippen LogP contribution in [-0.4, -0.2) is 17.1 Å². The molecule has 2 aromatic rings. The molecular weight excluding hydrogens is 343 g/mol. The molecule has 0 amide bonds. The Bertz CT molecular complexity index is 561. The van der Waals surface area contributed by atoms with Gasteiger partial charge in [0.1, 0.15) is 5.75 Å². The van der Waals surface area contributed by atoms with Crippen LogP contribution in [0.15, 0.2) is 28.9 Å². The lowest BCUT2D eigenvalue weighted by Gasteiger charge is -2.07. The van der Waals surface area contributed by atoms with Crippen molar-refractivity contribution in [2.24, 2.45) is 0 Å². The average molecular weight is 350 g/mol. The summed E-state index contributed by atoms with van der Waals surface area (Å²) in [5.41, 5.74) is 0. The van der Waals surface area contributed by atoms with Gasteiger partial charge >= 0.3 is 6.01 Å². The highest BCUT2D eigenvalue weighted by molar-refractivity contribution is 9.10. The summed E-state index contributed by atoms with van der Waals surface area (Å²) in [7, 11) is 1.51. The van der Waals surface area contributed by atoms with Crippen molar-refractivity contribution in [3.05, 3.63) is 38.9 Å². The number of hydrogen-bond acceptors (Lipinski definition) is 4. The zero-order valence-electron chi connectivity index (χ0n) is 9.15. The standard InChI is InChI=1S/C11H7BrCl2N2O2/c1-17-10-9(12)5-15-11(16-10)18-8-3-6(13)2-7(14)4-8/h2-5H,1H3. The highest BCUT2D eigenvalue weighted by Crippen LogP contribution is 2.29. The van der Waals surface area contributed by atoms with Crippen molar-refractivity contribution in [1.29, 1.82) is 0 Å². The van der Waals surface area contributed by atoms with Crippen LogP contribution in [0.4, 0.5) is 0 Å². The molecule has 0 fully saturated rings. The molecule has 0 spiro atoms. The molecule has 0 aliphatic carbocycles. The molecule has 0 saturated heterocycles. The summed E-state index contributed by atoms with van der Waals surface area (Å²) >= 11 is 15.0. The monoisotopic (exact) mass is 348 g/mol. The van der Waals surface area contributed by atoms with E-state index in [1.54, 1.807) is 18.2 Å². The summed E-state index contributed by atoms with van der Waals surface area (Å²) in [6.07, 6.45) is 1.54. The van der Waals surface area contributed by atoms with Gasteiger partial charge in [0.05, 0.1) is 17.8 Å². The van der Waals surface area contributed by atoms with E-state index in [1.165, 1.54) is 13.3 Å². The topological polar surface area (TPSA) is 44.2 Å². The number of halogens is 3. The van der Waals surface area contributed by atoms with Gasteiger partial charge in [-0.3, -0.25) is 0 Å². The van der Waals surface area contributed by atoms with Crippen molar-refractivity contribution in [2.45, 2.75) is 0 Å². The third-order valence-electron chi connectivity index (χ3n) is 1.93. The molecule has 0 radical (unpaired) electrons. The second-order valence-corrected chi connectivity index (χ2v) is 4.94. The number of benzene rings is 1. The first-order chi connectivity index (χ1) is 8.58. The van der Waals surface area contributed by atoms with Crippen LogP contribution in [0.25, 0.3) is 0 Å². The van der Waals surface area contributed by atoms with Gasteiger partial charge in [-0.15, -0.1) is 0 Å². The smallest absolute Gasteiger partial charge is 0.325 e. The fraction of sp³-hybridized carbons (Fsp3) is 0.0909. The summed E-state index contributed by atoms with van der Waals surface area (Å²) in [6, 6.07) is 4.99. The van der Waals surface area contributed by atoms with Crippen LogP contribution >= 0.6 is 39.1 Å². The first-order valence-electron chi connectivity index (χ1n) is 4.79. The maximum absolute atomic E-state index is 5.86. The summed E-state index contributed by atoms with van der Waals surface area (Å²) in [4.78, 5) is 8.05. The van der Waals surface area contributed by atoms with Gasteiger partial charge < -0.3 is 9.47 Å². The molecule has 0 N–H and O–H groups in total. The highest BCUT2D eigenvalue weighted by Gasteiger charge is 2.08. The number of aromatic nitrogens is 2. The summed E-state index contributed by atoms with van der Waals surface area (Å²) in [5.74, 6) is 0.838. The number of ether oxygens (including phenoxy) is 2. The first-order valence-corrected chi connectivity index (χ1v) is 6.34. The third kappa shape index (κ3) is 3.25. The van der Waals surface area contributed by atoms with E-state index in [4.69, 9.17) is 32.7 Å². The van der Waals surface area contributed by atoms with Crippen LogP contribution in [0.1, 0.15) is 0 Å². The van der Waals surface area contributed by atoms with E-state index in [2.05, 4.69) is 25.9 Å². The summed E-state index contributed by atoms with van der Waals surface area (Å²) < 4.78 is 11.1. The largest absolute Gasteiger partial charge is 0.480 e. The van der Waals surface area contributed by atoms with E-state index < -0.39 is 0 Å². The zero-order chi connectivity index (χ0) is 13.1. The van der Waals surface area contributed by atoms with Gasteiger partial charge in [0.2, 0.25) is 5.88 Å². The molecule has 0 unspecified atom stereocenters. The minimum atomic E-state index is 0.147. The van der Waals surface area contributed by atoms with Crippen molar-refractivity contribution in [2.75, 3.05) is 7.11 Å². The van der Waals surface area contributed by atoms with Crippen LogP contribution in [-0.2, 0) is 0 Å². The first kappa shape index (κ1) is 13.4. The highest BCUT2D eigenvalue weighted by atomic mass is 79.9. The molecule has 94 valence electrons. The molecule has 4 nitrogen and oxygen atoms in total. The van der Waals surface area contributed by atoms with Gasteiger partial charge in [0.25, 0.3) is 0 Å². The Kier molecular flexibility index (Phi) is 4.27. The minimum absolute atomic E-state index is 0.147. The number of nitrogens with zero attached hydrogens (tertiary/aromatic N) is 2. The Labute approximate surface area is 122 Å². The Hall–Kier alpha value is -1.04. The SMILES string of the molecule is COc1nc(Oc2cc(Cl)cc(Cl)c2)ncc1Br. The van der Waals surface area contributed by atoms with E-state index in [1.807, 2.05) is 0 Å². The molecule has 1 aromatic carbocycles. The molecule has 7 heteroatoms. The normalized spacial score (nSPS) is 10.2. The second-order valence-electron chi connectivity index (χ2n) is 3.22. The van der Waals surface area contributed by atoms with Gasteiger partial charge in [0.15, 0.2) is 0 Å². The van der Waals surface area contributed by atoms with Crippen LogP contribution in [0.2, 0.25) is 10.0 Å². The van der Waals surface area contributed by atoms with Crippen molar-refractivity contribution in [3.63, 3.8) is 0 Å². The van der Waals surface area contributed by atoms with Crippen molar-refractivity contribution in [3.8, 4) is 17.6 Å². The van der Waals surface area contributed by atoms with Crippen molar-refractivity contribution >= 4 is 39.1 Å². The lowest BCUT2D eigenvalue weighted by Crippen LogP contribution is -1.95. The summed E-state index contributed by atoms with van der Waals surface area (Å²) in [5, 5.41) is 0.947. The molecule has 0 atom stereocenters. The molecule has 0 aliphatic heterocycles. The number of hydrogen-bond donors (Lipinski definition) is 0. The van der Waals surface area contributed by atoms with Gasteiger partial charge in [-0.05, 0) is 34.1 Å². The molecule has 1 aromatic heterocycles. The van der Waals surface area contributed by atoms with Crippen LogP contribution in [0.3, 0.4) is 0 Å². The number of rotatable bonds is 3. The fourth-order valence-electron chi connectivity index (χ4n) is 1.22. The van der Waals surface area contributed by atoms with Crippen LogP contribution in [0.5, 0.6) is 17.6 Å². The average Bonchev–Trinajstić information content (AvgIpc) is 2.30. The summed E-state index contributed by atoms with van der Waals surface area (Å²) in [6.45, 7) is 0. The van der Waals surface area contributed by atoms with Crippen LogP contribution < -0.4 is 9.47 Å². The van der Waals surface area contributed by atoms with Crippen molar-refractivity contribution in [1.82, 2.24) is 9.97 Å². The lowest BCUT2D eigenvalue weighted by molar-refractivity contribution is 0.373. The molecule has 18 heavy (non-hydrogen) atoms. The number of methoxy groups -OCH3 is 1. The molecular formula is C11H7BrCl2N2O2.